The topological polar surface area (TPSA) is 51.2 Å². The van der Waals surface area contributed by atoms with Crippen LogP contribution in [-0.4, -0.2) is 10.9 Å². The normalized spacial score (nSPS) is 10.3. The second-order valence-electron chi connectivity index (χ2n) is 5.83. The number of carbonyl (C=O) groups excluding carboxylic acids is 1. The minimum Gasteiger partial charge on any atom is -0.473 e. The van der Waals surface area contributed by atoms with Gasteiger partial charge in [-0.15, -0.1) is 0 Å². The van der Waals surface area contributed by atoms with Gasteiger partial charge in [0.05, 0.1) is 0 Å². The van der Waals surface area contributed by atoms with Crippen LogP contribution < -0.4 is 10.1 Å². The van der Waals surface area contributed by atoms with Crippen molar-refractivity contribution in [2.45, 2.75) is 20.1 Å². The number of rotatable bonds is 6. The number of carbonyl (C=O) groups is 1. The smallest absolute Gasteiger partial charge is 0.251 e. The molecule has 1 aromatic heterocycles. The van der Waals surface area contributed by atoms with Crippen molar-refractivity contribution in [2.75, 3.05) is 0 Å². The Kier molecular flexibility index (Phi) is 5.42. The van der Waals surface area contributed by atoms with Crippen molar-refractivity contribution in [3.8, 4) is 5.88 Å². The first kappa shape index (κ1) is 16.7. The van der Waals surface area contributed by atoms with E-state index in [1.165, 1.54) is 0 Å². The van der Waals surface area contributed by atoms with Crippen LogP contribution in [0, 0.1) is 6.92 Å². The van der Waals surface area contributed by atoms with Crippen molar-refractivity contribution in [1.29, 1.82) is 0 Å². The van der Waals surface area contributed by atoms with Crippen molar-refractivity contribution in [3.63, 3.8) is 0 Å². The molecule has 0 spiro atoms. The third-order valence-corrected chi connectivity index (χ3v) is 3.80. The van der Waals surface area contributed by atoms with E-state index in [0.717, 1.165) is 16.7 Å². The van der Waals surface area contributed by atoms with Gasteiger partial charge in [-0.05, 0) is 36.2 Å². The maximum atomic E-state index is 12.2. The molecule has 1 amide bonds. The molecule has 1 heterocycles. The average Bonchev–Trinajstić information content (AvgIpc) is 2.66. The van der Waals surface area contributed by atoms with Gasteiger partial charge in [0.1, 0.15) is 6.61 Å². The molecule has 3 aromatic rings. The van der Waals surface area contributed by atoms with E-state index in [-0.39, 0.29) is 5.91 Å². The molecule has 4 nitrogen and oxygen atoms in total. The van der Waals surface area contributed by atoms with Crippen LogP contribution in [0.1, 0.15) is 27.0 Å². The minimum atomic E-state index is -0.0939. The van der Waals surface area contributed by atoms with E-state index < -0.39 is 0 Å². The van der Waals surface area contributed by atoms with Crippen LogP contribution in [0.4, 0.5) is 0 Å². The van der Waals surface area contributed by atoms with Gasteiger partial charge in [0, 0.05) is 24.4 Å². The van der Waals surface area contributed by atoms with E-state index in [0.29, 0.717) is 24.6 Å². The van der Waals surface area contributed by atoms with Crippen molar-refractivity contribution in [1.82, 2.24) is 10.3 Å². The summed E-state index contributed by atoms with van der Waals surface area (Å²) in [6.07, 6.45) is 1.69. The van der Waals surface area contributed by atoms with Gasteiger partial charge in [0.25, 0.3) is 5.91 Å². The second-order valence-corrected chi connectivity index (χ2v) is 5.83. The molecule has 0 atom stereocenters. The van der Waals surface area contributed by atoms with Gasteiger partial charge in [0.2, 0.25) is 5.88 Å². The number of aryl methyl sites for hydroxylation is 1. The van der Waals surface area contributed by atoms with Gasteiger partial charge in [0.15, 0.2) is 0 Å². The highest BCUT2D eigenvalue weighted by molar-refractivity contribution is 5.94. The predicted octanol–water partition coefficient (Wildman–Crippen LogP) is 3.90. The fourth-order valence-corrected chi connectivity index (χ4v) is 2.36. The summed E-state index contributed by atoms with van der Waals surface area (Å²) >= 11 is 0. The van der Waals surface area contributed by atoms with Crippen molar-refractivity contribution >= 4 is 5.91 Å². The van der Waals surface area contributed by atoms with Gasteiger partial charge < -0.3 is 10.1 Å². The van der Waals surface area contributed by atoms with E-state index in [4.69, 9.17) is 4.74 Å². The number of hydrogen-bond acceptors (Lipinski definition) is 3. The molecule has 0 unspecified atom stereocenters. The Bertz CT molecular complexity index is 830. The van der Waals surface area contributed by atoms with Crippen LogP contribution in [0.25, 0.3) is 0 Å². The number of hydrogen-bond donors (Lipinski definition) is 1. The lowest BCUT2D eigenvalue weighted by Crippen LogP contribution is -2.22. The summed E-state index contributed by atoms with van der Waals surface area (Å²) in [5.41, 5.74) is 3.81. The Morgan fingerprint density at radius 2 is 1.76 bits per heavy atom. The first-order valence-corrected chi connectivity index (χ1v) is 8.17. The molecule has 4 heteroatoms. The van der Waals surface area contributed by atoms with E-state index in [9.17, 15) is 4.79 Å². The molecule has 1 N–H and O–H groups in total. The lowest BCUT2D eigenvalue weighted by Gasteiger charge is -2.08. The molecule has 3 rings (SSSR count). The first-order chi connectivity index (χ1) is 12.2. The number of nitrogens with one attached hydrogen (secondary N) is 1. The molecule has 0 aliphatic rings. The minimum absolute atomic E-state index is 0.0939. The van der Waals surface area contributed by atoms with E-state index >= 15 is 0 Å². The summed E-state index contributed by atoms with van der Waals surface area (Å²) in [6, 6.07) is 21.1. The maximum absolute atomic E-state index is 12.2. The predicted molar refractivity (Wildman–Crippen MR) is 97.4 cm³/mol. The summed E-state index contributed by atoms with van der Waals surface area (Å²) in [4.78, 5) is 16.4. The molecule has 0 radical (unpaired) electrons. The Balaban J connectivity index is 1.56. The third kappa shape index (κ3) is 4.91. The molecule has 25 heavy (non-hydrogen) atoms. The van der Waals surface area contributed by atoms with Crippen LogP contribution in [0.5, 0.6) is 5.88 Å². The van der Waals surface area contributed by atoms with Gasteiger partial charge in [-0.3, -0.25) is 4.79 Å². The van der Waals surface area contributed by atoms with Crippen LogP contribution in [0.3, 0.4) is 0 Å². The molecular weight excluding hydrogens is 312 g/mol. The standard InChI is InChI=1S/C21H20N2O2/c1-16-7-9-19(10-8-16)21(24)23-14-18-11-12-22-20(13-18)25-15-17-5-3-2-4-6-17/h2-13H,14-15H2,1H3,(H,23,24). The van der Waals surface area contributed by atoms with Crippen molar-refractivity contribution in [3.05, 3.63) is 95.2 Å². The van der Waals surface area contributed by atoms with Crippen LogP contribution >= 0.6 is 0 Å². The number of ether oxygens (including phenoxy) is 1. The Labute approximate surface area is 147 Å². The summed E-state index contributed by atoms with van der Waals surface area (Å²) < 4.78 is 5.71. The molecule has 0 fully saturated rings. The van der Waals surface area contributed by atoms with Crippen LogP contribution in [-0.2, 0) is 13.2 Å². The molecule has 2 aromatic carbocycles. The number of aromatic nitrogens is 1. The van der Waals surface area contributed by atoms with E-state index in [2.05, 4.69) is 10.3 Å². The number of nitrogens with zero attached hydrogens (tertiary/aromatic N) is 1. The zero-order chi connectivity index (χ0) is 17.5. The molecule has 0 saturated carbocycles. The zero-order valence-corrected chi connectivity index (χ0v) is 14.1. The largest absolute Gasteiger partial charge is 0.473 e. The Morgan fingerprint density at radius 1 is 1.00 bits per heavy atom. The lowest BCUT2D eigenvalue weighted by molar-refractivity contribution is 0.0951. The third-order valence-electron chi connectivity index (χ3n) is 3.80. The number of benzene rings is 2. The highest BCUT2D eigenvalue weighted by atomic mass is 16.5. The SMILES string of the molecule is Cc1ccc(C(=O)NCc2ccnc(OCc3ccccc3)c2)cc1. The Morgan fingerprint density at radius 3 is 2.52 bits per heavy atom. The lowest BCUT2D eigenvalue weighted by atomic mass is 10.1. The first-order valence-electron chi connectivity index (χ1n) is 8.17. The molecular formula is C21H20N2O2. The molecule has 0 aliphatic carbocycles. The van der Waals surface area contributed by atoms with Gasteiger partial charge >= 0.3 is 0 Å². The van der Waals surface area contributed by atoms with Gasteiger partial charge in [-0.2, -0.15) is 0 Å². The molecule has 0 aliphatic heterocycles. The monoisotopic (exact) mass is 332 g/mol. The summed E-state index contributed by atoms with van der Waals surface area (Å²) in [5, 5.41) is 2.91. The van der Waals surface area contributed by atoms with E-state index in [1.807, 2.05) is 73.7 Å². The van der Waals surface area contributed by atoms with Crippen molar-refractivity contribution < 1.29 is 9.53 Å². The van der Waals surface area contributed by atoms with Gasteiger partial charge in [-0.1, -0.05) is 48.0 Å². The number of amides is 1. The molecule has 126 valence electrons. The van der Waals surface area contributed by atoms with Crippen LogP contribution in [0.15, 0.2) is 72.9 Å². The highest BCUT2D eigenvalue weighted by Crippen LogP contribution is 2.12. The summed E-state index contributed by atoms with van der Waals surface area (Å²) in [6.45, 7) is 2.89. The zero-order valence-electron chi connectivity index (χ0n) is 14.1. The fourth-order valence-electron chi connectivity index (χ4n) is 2.36. The summed E-state index contributed by atoms with van der Waals surface area (Å²) in [7, 11) is 0. The van der Waals surface area contributed by atoms with Crippen LogP contribution in [0.2, 0.25) is 0 Å². The van der Waals surface area contributed by atoms with Crippen molar-refractivity contribution in [2.24, 2.45) is 0 Å². The Hall–Kier alpha value is -3.14. The quantitative estimate of drug-likeness (QED) is 0.745. The fraction of sp³-hybridized carbons (Fsp3) is 0.143. The molecule has 0 saturated heterocycles. The summed E-state index contributed by atoms with van der Waals surface area (Å²) in [5.74, 6) is 0.453. The maximum Gasteiger partial charge on any atom is 0.251 e. The molecule has 0 bridgehead atoms. The number of pyridine rings is 1. The average molecular weight is 332 g/mol. The van der Waals surface area contributed by atoms with Gasteiger partial charge in [-0.25, -0.2) is 4.98 Å². The highest BCUT2D eigenvalue weighted by Gasteiger charge is 2.05. The second kappa shape index (κ2) is 8.11. The van der Waals surface area contributed by atoms with E-state index in [1.54, 1.807) is 6.20 Å².